The molecule has 1 amide bonds. The third-order valence-corrected chi connectivity index (χ3v) is 3.93. The number of carbonyl (C=O) groups is 1. The van der Waals surface area contributed by atoms with E-state index in [1.165, 1.54) is 0 Å². The average Bonchev–Trinajstić information content (AvgIpc) is 2.46. The zero-order valence-electron chi connectivity index (χ0n) is 12.2. The Labute approximate surface area is 116 Å². The van der Waals surface area contributed by atoms with Gasteiger partial charge in [-0.1, -0.05) is 13.8 Å². The van der Waals surface area contributed by atoms with E-state index in [9.17, 15) is 4.79 Å². The van der Waals surface area contributed by atoms with Crippen molar-refractivity contribution < 1.29 is 9.53 Å². The van der Waals surface area contributed by atoms with Crippen LogP contribution in [0.1, 0.15) is 26.7 Å². The molecule has 2 saturated heterocycles. The van der Waals surface area contributed by atoms with E-state index in [0.29, 0.717) is 18.6 Å². The summed E-state index contributed by atoms with van der Waals surface area (Å²) in [6.45, 7) is 10.8. The molecule has 0 radical (unpaired) electrons. The maximum absolute atomic E-state index is 11.9. The summed E-state index contributed by atoms with van der Waals surface area (Å²) in [5.41, 5.74) is 0. The summed E-state index contributed by atoms with van der Waals surface area (Å²) in [4.78, 5) is 16.3. The molecule has 5 nitrogen and oxygen atoms in total. The summed E-state index contributed by atoms with van der Waals surface area (Å²) in [6.07, 6.45) is 2.03. The van der Waals surface area contributed by atoms with Crippen molar-refractivity contribution in [2.75, 3.05) is 45.9 Å². The number of rotatable bonds is 3. The maximum atomic E-state index is 11.9. The van der Waals surface area contributed by atoms with Crippen molar-refractivity contribution in [2.24, 2.45) is 5.92 Å². The highest BCUT2D eigenvalue weighted by Crippen LogP contribution is 2.17. The van der Waals surface area contributed by atoms with Crippen LogP contribution in [0.2, 0.25) is 0 Å². The zero-order chi connectivity index (χ0) is 13.7. The van der Waals surface area contributed by atoms with Gasteiger partial charge in [-0.15, -0.1) is 0 Å². The minimum Gasteiger partial charge on any atom is -0.449 e. The predicted molar refractivity (Wildman–Crippen MR) is 75.2 cm³/mol. The molecule has 0 unspecified atom stereocenters. The fourth-order valence-electron chi connectivity index (χ4n) is 2.79. The van der Waals surface area contributed by atoms with Crippen LogP contribution in [-0.2, 0) is 4.74 Å². The minimum absolute atomic E-state index is 0.132. The Kier molecular flexibility index (Phi) is 5.45. The minimum atomic E-state index is -0.132. The van der Waals surface area contributed by atoms with Gasteiger partial charge < -0.3 is 15.0 Å². The fourth-order valence-corrected chi connectivity index (χ4v) is 2.79. The molecule has 0 aromatic carbocycles. The van der Waals surface area contributed by atoms with E-state index in [4.69, 9.17) is 4.74 Å². The molecule has 1 N–H and O–H groups in total. The summed E-state index contributed by atoms with van der Waals surface area (Å²) in [5, 5.41) is 3.38. The van der Waals surface area contributed by atoms with Crippen LogP contribution in [0.15, 0.2) is 0 Å². The highest BCUT2D eigenvalue weighted by Gasteiger charge is 2.28. The van der Waals surface area contributed by atoms with E-state index in [1.54, 1.807) is 0 Å². The van der Waals surface area contributed by atoms with E-state index in [1.807, 2.05) is 4.90 Å². The predicted octanol–water partition coefficient (Wildman–Crippen LogP) is 1.15. The van der Waals surface area contributed by atoms with Crippen molar-refractivity contribution in [3.8, 4) is 0 Å². The molecule has 2 aliphatic heterocycles. The molecule has 0 atom stereocenters. The Morgan fingerprint density at radius 3 is 2.42 bits per heavy atom. The van der Waals surface area contributed by atoms with Gasteiger partial charge in [0.2, 0.25) is 0 Å². The van der Waals surface area contributed by atoms with Gasteiger partial charge >= 0.3 is 6.09 Å². The van der Waals surface area contributed by atoms with Gasteiger partial charge in [-0.25, -0.2) is 4.79 Å². The molecule has 0 bridgehead atoms. The number of likely N-dealkylation sites (tertiary alicyclic amines) is 1. The number of nitrogens with zero attached hydrogens (tertiary/aromatic N) is 2. The molecule has 0 aromatic rings. The molecular formula is C14H27N3O2. The molecule has 5 heteroatoms. The third-order valence-electron chi connectivity index (χ3n) is 3.93. The molecule has 2 heterocycles. The second kappa shape index (κ2) is 7.10. The first-order valence-electron chi connectivity index (χ1n) is 7.53. The molecule has 0 saturated carbocycles. The average molecular weight is 269 g/mol. The Balaban J connectivity index is 1.70. The smallest absolute Gasteiger partial charge is 0.409 e. The summed E-state index contributed by atoms with van der Waals surface area (Å²) in [5.74, 6) is 0.405. The monoisotopic (exact) mass is 269 g/mol. The Hall–Kier alpha value is -0.810. The highest BCUT2D eigenvalue weighted by atomic mass is 16.6. The van der Waals surface area contributed by atoms with Crippen LogP contribution in [0.25, 0.3) is 0 Å². The quantitative estimate of drug-likeness (QED) is 0.835. The SMILES string of the molecule is CC(C)COC(=O)N1CCC(N2CCNCC2)CC1. The van der Waals surface area contributed by atoms with Gasteiger partial charge in [0.25, 0.3) is 0 Å². The Morgan fingerprint density at radius 1 is 1.21 bits per heavy atom. The normalized spacial score (nSPS) is 22.8. The number of hydrogen-bond acceptors (Lipinski definition) is 4. The zero-order valence-corrected chi connectivity index (χ0v) is 12.2. The third kappa shape index (κ3) is 4.35. The maximum Gasteiger partial charge on any atom is 0.409 e. The van der Waals surface area contributed by atoms with Crippen LogP contribution in [-0.4, -0.2) is 67.8 Å². The summed E-state index contributed by atoms with van der Waals surface area (Å²) < 4.78 is 5.29. The van der Waals surface area contributed by atoms with E-state index < -0.39 is 0 Å². The highest BCUT2D eigenvalue weighted by molar-refractivity contribution is 5.67. The van der Waals surface area contributed by atoms with E-state index in [0.717, 1.165) is 52.1 Å². The topological polar surface area (TPSA) is 44.8 Å². The van der Waals surface area contributed by atoms with E-state index in [2.05, 4.69) is 24.1 Å². The van der Waals surface area contributed by atoms with Gasteiger partial charge in [0, 0.05) is 45.3 Å². The van der Waals surface area contributed by atoms with Crippen molar-refractivity contribution >= 4 is 6.09 Å². The molecule has 0 spiro atoms. The van der Waals surface area contributed by atoms with Crippen molar-refractivity contribution in [3.05, 3.63) is 0 Å². The van der Waals surface area contributed by atoms with E-state index >= 15 is 0 Å². The summed E-state index contributed by atoms with van der Waals surface area (Å²) in [7, 11) is 0. The molecule has 19 heavy (non-hydrogen) atoms. The summed E-state index contributed by atoms with van der Waals surface area (Å²) >= 11 is 0. The molecule has 110 valence electrons. The molecule has 0 aliphatic carbocycles. The first-order chi connectivity index (χ1) is 9.16. The molecule has 2 fully saturated rings. The van der Waals surface area contributed by atoms with Crippen molar-refractivity contribution in [2.45, 2.75) is 32.7 Å². The largest absolute Gasteiger partial charge is 0.449 e. The number of amides is 1. The number of nitrogens with one attached hydrogen (secondary N) is 1. The lowest BCUT2D eigenvalue weighted by Crippen LogP contribution is -2.52. The van der Waals surface area contributed by atoms with Crippen molar-refractivity contribution in [1.82, 2.24) is 15.1 Å². The van der Waals surface area contributed by atoms with Crippen LogP contribution < -0.4 is 5.32 Å². The van der Waals surface area contributed by atoms with Gasteiger partial charge in [-0.3, -0.25) is 4.90 Å². The van der Waals surface area contributed by atoms with Crippen LogP contribution >= 0.6 is 0 Å². The van der Waals surface area contributed by atoms with E-state index in [-0.39, 0.29) is 6.09 Å². The first-order valence-corrected chi connectivity index (χ1v) is 7.53. The van der Waals surface area contributed by atoms with Crippen LogP contribution in [0.3, 0.4) is 0 Å². The van der Waals surface area contributed by atoms with Gasteiger partial charge in [0.15, 0.2) is 0 Å². The van der Waals surface area contributed by atoms with Gasteiger partial charge in [-0.05, 0) is 18.8 Å². The second-order valence-corrected chi connectivity index (χ2v) is 5.97. The molecule has 2 aliphatic rings. The van der Waals surface area contributed by atoms with Crippen molar-refractivity contribution in [3.63, 3.8) is 0 Å². The Bertz CT molecular complexity index is 282. The first kappa shape index (κ1) is 14.6. The number of carbonyl (C=O) groups excluding carboxylic acids is 1. The van der Waals surface area contributed by atoms with Gasteiger partial charge in [0.05, 0.1) is 6.61 Å². The number of piperidine rings is 1. The van der Waals surface area contributed by atoms with Crippen LogP contribution in [0.4, 0.5) is 4.79 Å². The summed E-state index contributed by atoms with van der Waals surface area (Å²) in [6, 6.07) is 0.649. The van der Waals surface area contributed by atoms with Gasteiger partial charge in [0.1, 0.15) is 0 Å². The van der Waals surface area contributed by atoms with Crippen LogP contribution in [0, 0.1) is 5.92 Å². The lowest BCUT2D eigenvalue weighted by Gasteiger charge is -2.40. The van der Waals surface area contributed by atoms with Crippen molar-refractivity contribution in [1.29, 1.82) is 0 Å². The fraction of sp³-hybridized carbons (Fsp3) is 0.929. The molecule has 0 aromatic heterocycles. The standard InChI is InChI=1S/C14H27N3O2/c1-12(2)11-19-14(18)17-7-3-13(4-8-17)16-9-5-15-6-10-16/h12-13,15H,3-11H2,1-2H3. The Morgan fingerprint density at radius 2 is 1.84 bits per heavy atom. The number of hydrogen-bond donors (Lipinski definition) is 1. The second-order valence-electron chi connectivity index (χ2n) is 5.97. The lowest BCUT2D eigenvalue weighted by molar-refractivity contribution is 0.0627. The molecule has 2 rings (SSSR count). The number of ether oxygens (including phenoxy) is 1. The molecular weight excluding hydrogens is 242 g/mol. The van der Waals surface area contributed by atoms with Gasteiger partial charge in [-0.2, -0.15) is 0 Å². The lowest BCUT2D eigenvalue weighted by atomic mass is 10.0. The van der Waals surface area contributed by atoms with Crippen LogP contribution in [0.5, 0.6) is 0 Å². The number of piperazine rings is 1.